The number of rotatable bonds is 6. The maximum absolute atomic E-state index is 13.5. The van der Waals surface area contributed by atoms with E-state index in [-0.39, 0.29) is 24.2 Å². The summed E-state index contributed by atoms with van der Waals surface area (Å²) < 4.78 is 26.6. The van der Waals surface area contributed by atoms with Crippen molar-refractivity contribution in [3.05, 3.63) is 65.7 Å². The molecule has 2 N–H and O–H groups in total. The molecule has 2 aromatic rings. The van der Waals surface area contributed by atoms with E-state index in [0.29, 0.717) is 0 Å². The number of nitrogens with one attached hydrogen (secondary N) is 2. The Labute approximate surface area is 134 Å². The molecule has 0 aliphatic rings. The third kappa shape index (κ3) is 4.86. The van der Waals surface area contributed by atoms with Crippen molar-refractivity contribution >= 4 is 11.6 Å². The maximum atomic E-state index is 13.5. The molecule has 5 heteroatoms. The van der Waals surface area contributed by atoms with Gasteiger partial charge in [0.25, 0.3) is 0 Å². The molecular formula is C18H20F2N2O. The second-order valence-corrected chi connectivity index (χ2v) is 5.69. The minimum absolute atomic E-state index is 0.000642. The number of hydrogen-bond donors (Lipinski definition) is 2. The third-order valence-electron chi connectivity index (χ3n) is 3.51. The summed E-state index contributed by atoms with van der Waals surface area (Å²) in [5.74, 6) is -1.41. The Balaban J connectivity index is 1.98. The molecular weight excluding hydrogens is 298 g/mol. The van der Waals surface area contributed by atoms with Crippen LogP contribution in [0.15, 0.2) is 48.5 Å². The van der Waals surface area contributed by atoms with Crippen LogP contribution in [0, 0.1) is 17.6 Å². The van der Waals surface area contributed by atoms with Gasteiger partial charge in [-0.15, -0.1) is 0 Å². The molecule has 2 aromatic carbocycles. The molecule has 0 saturated carbocycles. The number of carbonyl (C=O) groups excluding carboxylic acids is 1. The lowest BCUT2D eigenvalue weighted by molar-refractivity contribution is -0.115. The molecule has 1 amide bonds. The molecule has 0 saturated heterocycles. The molecule has 0 unspecified atom stereocenters. The van der Waals surface area contributed by atoms with Gasteiger partial charge in [-0.1, -0.05) is 44.2 Å². The van der Waals surface area contributed by atoms with Gasteiger partial charge in [-0.05, 0) is 23.6 Å². The molecule has 0 aromatic heterocycles. The minimum Gasteiger partial charge on any atom is -0.322 e. The van der Waals surface area contributed by atoms with E-state index in [4.69, 9.17) is 0 Å². The van der Waals surface area contributed by atoms with E-state index in [1.54, 1.807) is 0 Å². The molecule has 23 heavy (non-hydrogen) atoms. The highest BCUT2D eigenvalue weighted by Gasteiger charge is 2.16. The fourth-order valence-corrected chi connectivity index (χ4v) is 2.39. The number of benzene rings is 2. The van der Waals surface area contributed by atoms with Crippen LogP contribution in [0.5, 0.6) is 0 Å². The monoisotopic (exact) mass is 318 g/mol. The minimum atomic E-state index is -0.664. The first kappa shape index (κ1) is 17.1. The van der Waals surface area contributed by atoms with Crippen LogP contribution >= 0.6 is 0 Å². The van der Waals surface area contributed by atoms with Crippen LogP contribution in [0.4, 0.5) is 14.5 Å². The Hall–Kier alpha value is -2.27. The summed E-state index contributed by atoms with van der Waals surface area (Å²) in [4.78, 5) is 12.0. The van der Waals surface area contributed by atoms with Crippen LogP contribution in [-0.4, -0.2) is 12.5 Å². The molecule has 2 rings (SSSR count). The van der Waals surface area contributed by atoms with Crippen LogP contribution < -0.4 is 10.6 Å². The van der Waals surface area contributed by atoms with Gasteiger partial charge >= 0.3 is 0 Å². The standard InChI is InChI=1S/C18H20F2N2O/c1-12(2)18(13-6-4-3-5-7-13)21-11-17(23)22-16-10-14(19)8-9-15(16)20/h3-10,12,18,21H,11H2,1-2H3,(H,22,23)/t18-/m1/s1. The SMILES string of the molecule is CC(C)[C@@H](NCC(=O)Nc1cc(F)ccc1F)c1ccccc1. The van der Waals surface area contributed by atoms with E-state index in [1.165, 1.54) is 0 Å². The van der Waals surface area contributed by atoms with Crippen LogP contribution in [0.1, 0.15) is 25.5 Å². The fraction of sp³-hybridized carbons (Fsp3) is 0.278. The first-order valence-electron chi connectivity index (χ1n) is 7.50. The summed E-state index contributed by atoms with van der Waals surface area (Å²) in [6, 6.07) is 12.7. The lowest BCUT2D eigenvalue weighted by atomic mass is 9.96. The summed E-state index contributed by atoms with van der Waals surface area (Å²) in [6.07, 6.45) is 0. The van der Waals surface area contributed by atoms with Crippen LogP contribution in [-0.2, 0) is 4.79 Å². The van der Waals surface area contributed by atoms with Crippen LogP contribution in [0.2, 0.25) is 0 Å². The van der Waals surface area contributed by atoms with Gasteiger partial charge in [0.05, 0.1) is 12.2 Å². The highest BCUT2D eigenvalue weighted by Crippen LogP contribution is 2.21. The maximum Gasteiger partial charge on any atom is 0.238 e. The van der Waals surface area contributed by atoms with E-state index in [0.717, 1.165) is 23.8 Å². The van der Waals surface area contributed by atoms with Crippen molar-refractivity contribution < 1.29 is 13.6 Å². The molecule has 0 radical (unpaired) electrons. The van der Waals surface area contributed by atoms with Gasteiger partial charge in [-0.2, -0.15) is 0 Å². The average molecular weight is 318 g/mol. The molecule has 0 heterocycles. The van der Waals surface area contributed by atoms with E-state index < -0.39 is 17.5 Å². The lowest BCUT2D eigenvalue weighted by Crippen LogP contribution is -2.33. The molecule has 0 bridgehead atoms. The Kier molecular flexibility index (Phi) is 5.82. The van der Waals surface area contributed by atoms with Gasteiger partial charge in [0, 0.05) is 12.1 Å². The van der Waals surface area contributed by atoms with Gasteiger partial charge in [-0.3, -0.25) is 4.79 Å². The summed E-state index contributed by atoms with van der Waals surface area (Å²) in [5.41, 5.74) is 0.921. The first-order valence-corrected chi connectivity index (χ1v) is 7.50. The summed E-state index contributed by atoms with van der Waals surface area (Å²) in [5, 5.41) is 5.54. The van der Waals surface area contributed by atoms with Gasteiger partial charge in [0.1, 0.15) is 11.6 Å². The molecule has 0 aliphatic heterocycles. The first-order chi connectivity index (χ1) is 11.0. The molecule has 122 valence electrons. The van der Waals surface area contributed by atoms with E-state index >= 15 is 0 Å². The second-order valence-electron chi connectivity index (χ2n) is 5.69. The van der Waals surface area contributed by atoms with Gasteiger partial charge < -0.3 is 10.6 Å². The number of halogens is 2. The van der Waals surface area contributed by atoms with Crippen molar-refractivity contribution in [1.29, 1.82) is 0 Å². The fourth-order valence-electron chi connectivity index (χ4n) is 2.39. The van der Waals surface area contributed by atoms with E-state index in [1.807, 2.05) is 30.3 Å². The predicted octanol–water partition coefficient (Wildman–Crippen LogP) is 3.89. The normalized spacial score (nSPS) is 12.2. The third-order valence-corrected chi connectivity index (χ3v) is 3.51. The Morgan fingerprint density at radius 1 is 1.09 bits per heavy atom. The molecule has 0 aliphatic carbocycles. The Morgan fingerprint density at radius 2 is 1.78 bits per heavy atom. The van der Waals surface area contributed by atoms with Crippen molar-refractivity contribution in [3.8, 4) is 0 Å². The van der Waals surface area contributed by atoms with Crippen molar-refractivity contribution in [2.24, 2.45) is 5.92 Å². The summed E-state index contributed by atoms with van der Waals surface area (Å²) in [7, 11) is 0. The summed E-state index contributed by atoms with van der Waals surface area (Å²) >= 11 is 0. The van der Waals surface area contributed by atoms with Crippen molar-refractivity contribution in [2.45, 2.75) is 19.9 Å². The van der Waals surface area contributed by atoms with E-state index in [2.05, 4.69) is 24.5 Å². The Bertz CT molecular complexity index is 659. The highest BCUT2D eigenvalue weighted by molar-refractivity contribution is 5.92. The van der Waals surface area contributed by atoms with Gasteiger partial charge in [-0.25, -0.2) is 8.78 Å². The zero-order valence-corrected chi connectivity index (χ0v) is 13.1. The zero-order chi connectivity index (χ0) is 16.8. The second kappa shape index (κ2) is 7.83. The zero-order valence-electron chi connectivity index (χ0n) is 13.1. The lowest BCUT2D eigenvalue weighted by Gasteiger charge is -2.22. The topological polar surface area (TPSA) is 41.1 Å². The number of carbonyl (C=O) groups is 1. The predicted molar refractivity (Wildman–Crippen MR) is 87.0 cm³/mol. The van der Waals surface area contributed by atoms with Gasteiger partial charge in [0.15, 0.2) is 0 Å². The summed E-state index contributed by atoms with van der Waals surface area (Å²) in [6.45, 7) is 4.11. The largest absolute Gasteiger partial charge is 0.322 e. The molecule has 3 nitrogen and oxygen atoms in total. The number of amides is 1. The van der Waals surface area contributed by atoms with Crippen LogP contribution in [0.3, 0.4) is 0 Å². The molecule has 0 spiro atoms. The smallest absolute Gasteiger partial charge is 0.238 e. The number of hydrogen-bond acceptors (Lipinski definition) is 2. The quantitative estimate of drug-likeness (QED) is 0.848. The van der Waals surface area contributed by atoms with Gasteiger partial charge in [0.2, 0.25) is 5.91 Å². The Morgan fingerprint density at radius 3 is 2.43 bits per heavy atom. The number of anilines is 1. The molecule has 1 atom stereocenters. The van der Waals surface area contributed by atoms with Crippen LogP contribution in [0.25, 0.3) is 0 Å². The average Bonchev–Trinajstić information content (AvgIpc) is 2.52. The van der Waals surface area contributed by atoms with Crippen molar-refractivity contribution in [2.75, 3.05) is 11.9 Å². The highest BCUT2D eigenvalue weighted by atomic mass is 19.1. The molecule has 0 fully saturated rings. The van der Waals surface area contributed by atoms with Crippen molar-refractivity contribution in [1.82, 2.24) is 5.32 Å². The van der Waals surface area contributed by atoms with E-state index in [9.17, 15) is 13.6 Å². The van der Waals surface area contributed by atoms with Crippen molar-refractivity contribution in [3.63, 3.8) is 0 Å².